The highest BCUT2D eigenvalue weighted by atomic mass is 19.3. The molecule has 0 atom stereocenters. The van der Waals surface area contributed by atoms with Crippen molar-refractivity contribution >= 4 is 10.8 Å². The molecule has 1 N–H and O–H groups in total. The molecule has 0 aliphatic rings. The fourth-order valence-electron chi connectivity index (χ4n) is 2.37. The molecule has 0 saturated carbocycles. The van der Waals surface area contributed by atoms with E-state index in [1.807, 2.05) is 0 Å². The Balaban J connectivity index is 2.07. The van der Waals surface area contributed by atoms with Gasteiger partial charge in [0.15, 0.2) is 6.61 Å². The third-order valence-corrected chi connectivity index (χ3v) is 4.06. The minimum absolute atomic E-state index is 0.0178. The van der Waals surface area contributed by atoms with E-state index in [1.165, 1.54) is 36.4 Å². The van der Waals surface area contributed by atoms with Gasteiger partial charge in [-0.15, -0.1) is 0 Å². The smallest absolute Gasteiger partial charge is 0.377 e. The number of hydrogen-bond acceptors (Lipinski definition) is 3. The summed E-state index contributed by atoms with van der Waals surface area (Å²) in [5.74, 6) is -16.1. The zero-order valence-electron chi connectivity index (χ0n) is 15.0. The van der Waals surface area contributed by atoms with Gasteiger partial charge in [-0.1, -0.05) is 25.5 Å². The van der Waals surface area contributed by atoms with E-state index in [-0.39, 0.29) is 18.1 Å². The molecule has 0 unspecified atom stereocenters. The molecule has 0 radical (unpaired) electrons. The van der Waals surface area contributed by atoms with Crippen LogP contribution in [0.4, 0.5) is 26.3 Å². The van der Waals surface area contributed by atoms with E-state index in [0.29, 0.717) is 23.6 Å². The fourth-order valence-corrected chi connectivity index (χ4v) is 2.37. The molecule has 2 aromatic rings. The van der Waals surface area contributed by atoms with Gasteiger partial charge in [0.1, 0.15) is 18.1 Å². The van der Waals surface area contributed by atoms with Crippen LogP contribution in [-0.4, -0.2) is 42.7 Å². The van der Waals surface area contributed by atoms with Crippen molar-refractivity contribution in [2.45, 2.75) is 37.5 Å². The Morgan fingerprint density at radius 3 is 2.14 bits per heavy atom. The number of benzene rings is 2. The maximum Gasteiger partial charge on any atom is 0.377 e. The number of rotatable bonds is 10. The van der Waals surface area contributed by atoms with E-state index in [1.54, 1.807) is 6.92 Å². The average Bonchev–Trinajstić information content (AvgIpc) is 2.63. The molecule has 0 aliphatic carbocycles. The second kappa shape index (κ2) is 8.46. The topological polar surface area (TPSA) is 38.7 Å². The molecule has 156 valence electrons. The van der Waals surface area contributed by atoms with Crippen LogP contribution in [0.5, 0.6) is 11.5 Å². The summed E-state index contributed by atoms with van der Waals surface area (Å²) in [6.07, 6.45) is 0.929. The number of fused-ring (bicyclic) bond motifs is 1. The third-order valence-electron chi connectivity index (χ3n) is 4.06. The molecule has 0 saturated heterocycles. The number of phenolic OH excluding ortho intramolecular Hbond substituents is 1. The van der Waals surface area contributed by atoms with Gasteiger partial charge in [0, 0.05) is 6.61 Å². The Hall–Kier alpha value is -2.16. The van der Waals surface area contributed by atoms with Crippen LogP contribution in [0.3, 0.4) is 0 Å². The second-order valence-corrected chi connectivity index (χ2v) is 6.37. The van der Waals surface area contributed by atoms with Crippen molar-refractivity contribution in [3.05, 3.63) is 36.4 Å². The predicted octanol–water partition coefficient (Wildman–Crippen LogP) is 5.65. The van der Waals surface area contributed by atoms with E-state index >= 15 is 0 Å². The Morgan fingerprint density at radius 1 is 0.857 bits per heavy atom. The van der Waals surface area contributed by atoms with E-state index in [2.05, 4.69) is 9.47 Å². The number of unbranched alkanes of at least 4 members (excludes halogenated alkanes) is 1. The summed E-state index contributed by atoms with van der Waals surface area (Å²) in [5, 5.41) is 10.4. The Morgan fingerprint density at radius 2 is 1.46 bits per heavy atom. The largest absolute Gasteiger partial charge is 0.508 e. The lowest BCUT2D eigenvalue weighted by Crippen LogP contribution is -2.58. The summed E-state index contributed by atoms with van der Waals surface area (Å²) >= 11 is 0. The van der Waals surface area contributed by atoms with Crippen molar-refractivity contribution in [1.82, 2.24) is 0 Å². The molecule has 9 heteroatoms. The summed E-state index contributed by atoms with van der Waals surface area (Å²) in [5.41, 5.74) is 0. The zero-order valence-corrected chi connectivity index (χ0v) is 15.0. The van der Waals surface area contributed by atoms with Crippen molar-refractivity contribution in [2.75, 3.05) is 19.8 Å². The van der Waals surface area contributed by atoms with Crippen LogP contribution >= 0.6 is 0 Å². The van der Waals surface area contributed by atoms with Crippen molar-refractivity contribution in [1.29, 1.82) is 0 Å². The van der Waals surface area contributed by atoms with Crippen LogP contribution in [0, 0.1) is 0 Å². The molecule has 0 aromatic heterocycles. The summed E-state index contributed by atoms with van der Waals surface area (Å²) in [4.78, 5) is 0. The van der Waals surface area contributed by atoms with E-state index in [4.69, 9.17) is 0 Å². The molecular weight excluding hydrogens is 390 g/mol. The van der Waals surface area contributed by atoms with Gasteiger partial charge >= 0.3 is 17.8 Å². The lowest BCUT2D eigenvalue weighted by atomic mass is 10.1. The second-order valence-electron chi connectivity index (χ2n) is 6.37. The number of aromatic hydroxyl groups is 1. The molecule has 0 amide bonds. The fraction of sp³-hybridized carbons (Fsp3) is 0.474. The quantitative estimate of drug-likeness (QED) is 0.407. The lowest BCUT2D eigenvalue weighted by molar-refractivity contribution is -0.324. The van der Waals surface area contributed by atoms with Crippen LogP contribution in [-0.2, 0) is 4.74 Å². The molecule has 0 heterocycles. The molecule has 0 spiro atoms. The number of ether oxygens (including phenoxy) is 2. The SMILES string of the molecule is CCCCOCC(F)(F)C(F)(F)C(F)(F)COc1ccc2cc(O)ccc2c1. The van der Waals surface area contributed by atoms with Gasteiger partial charge in [-0.05, 0) is 41.5 Å². The predicted molar refractivity (Wildman–Crippen MR) is 91.7 cm³/mol. The van der Waals surface area contributed by atoms with Gasteiger partial charge < -0.3 is 14.6 Å². The minimum Gasteiger partial charge on any atom is -0.508 e. The van der Waals surface area contributed by atoms with Gasteiger partial charge in [0.2, 0.25) is 0 Å². The lowest BCUT2D eigenvalue weighted by Gasteiger charge is -2.32. The summed E-state index contributed by atoms with van der Waals surface area (Å²) in [6, 6.07) is 8.11. The zero-order chi connectivity index (χ0) is 21.0. The van der Waals surface area contributed by atoms with Crippen molar-refractivity contribution < 1.29 is 40.9 Å². The van der Waals surface area contributed by atoms with E-state index < -0.39 is 31.0 Å². The highest BCUT2D eigenvalue weighted by Gasteiger charge is 2.71. The highest BCUT2D eigenvalue weighted by molar-refractivity contribution is 5.85. The van der Waals surface area contributed by atoms with Crippen LogP contribution < -0.4 is 4.74 Å². The van der Waals surface area contributed by atoms with E-state index in [9.17, 15) is 31.4 Å². The van der Waals surface area contributed by atoms with Gasteiger partial charge in [0.05, 0.1) is 0 Å². The van der Waals surface area contributed by atoms with Gasteiger partial charge in [-0.2, -0.15) is 26.3 Å². The molecule has 2 rings (SSSR count). The standard InChI is InChI=1S/C19H20F6O3/c1-2-3-8-27-11-17(20,21)19(24,25)18(22,23)12-28-16-7-5-13-9-15(26)6-4-14(13)10-16/h4-7,9-10,26H,2-3,8,11-12H2,1H3. The number of hydrogen-bond donors (Lipinski definition) is 1. The normalized spacial score (nSPS) is 13.1. The number of halogens is 6. The maximum absolute atomic E-state index is 13.9. The summed E-state index contributed by atoms with van der Waals surface area (Å²) in [7, 11) is 0. The molecule has 2 aromatic carbocycles. The molecule has 0 aliphatic heterocycles. The molecular formula is C19H20F6O3. The molecule has 0 bridgehead atoms. The highest BCUT2D eigenvalue weighted by Crippen LogP contribution is 2.46. The van der Waals surface area contributed by atoms with Crippen molar-refractivity contribution in [3.63, 3.8) is 0 Å². The first kappa shape index (κ1) is 22.1. The van der Waals surface area contributed by atoms with Gasteiger partial charge in [-0.3, -0.25) is 0 Å². The van der Waals surface area contributed by atoms with Crippen LogP contribution in [0.1, 0.15) is 19.8 Å². The molecule has 3 nitrogen and oxygen atoms in total. The number of alkyl halides is 6. The van der Waals surface area contributed by atoms with Crippen LogP contribution in [0.15, 0.2) is 36.4 Å². The van der Waals surface area contributed by atoms with E-state index in [0.717, 1.165) is 0 Å². The Kier molecular flexibility index (Phi) is 6.69. The first-order valence-corrected chi connectivity index (χ1v) is 8.57. The van der Waals surface area contributed by atoms with Crippen molar-refractivity contribution in [3.8, 4) is 11.5 Å². The van der Waals surface area contributed by atoms with Crippen LogP contribution in [0.2, 0.25) is 0 Å². The summed E-state index contributed by atoms with van der Waals surface area (Å²) < 4.78 is 91.8. The first-order valence-electron chi connectivity index (χ1n) is 8.57. The monoisotopic (exact) mass is 410 g/mol. The van der Waals surface area contributed by atoms with Crippen LogP contribution in [0.25, 0.3) is 10.8 Å². The molecule has 28 heavy (non-hydrogen) atoms. The van der Waals surface area contributed by atoms with Crippen molar-refractivity contribution in [2.24, 2.45) is 0 Å². The maximum atomic E-state index is 13.9. The number of phenols is 1. The first-order chi connectivity index (χ1) is 13.0. The third kappa shape index (κ3) is 4.81. The Labute approximate surface area is 157 Å². The average molecular weight is 410 g/mol. The van der Waals surface area contributed by atoms with Gasteiger partial charge in [-0.25, -0.2) is 0 Å². The Bertz CT molecular complexity index is 794. The summed E-state index contributed by atoms with van der Waals surface area (Å²) in [6.45, 7) is -2.24. The van der Waals surface area contributed by atoms with Gasteiger partial charge in [0.25, 0.3) is 0 Å². The minimum atomic E-state index is -5.66. The molecule has 0 fully saturated rings.